The summed E-state index contributed by atoms with van der Waals surface area (Å²) in [6, 6.07) is 10.2. The average Bonchev–Trinajstić information content (AvgIpc) is 2.46. The van der Waals surface area contributed by atoms with E-state index < -0.39 is 0 Å². The van der Waals surface area contributed by atoms with Crippen LogP contribution in [0, 0.1) is 0 Å². The molecule has 106 valence electrons. The summed E-state index contributed by atoms with van der Waals surface area (Å²) in [5.41, 5.74) is 2.12. The summed E-state index contributed by atoms with van der Waals surface area (Å²) in [6.45, 7) is 2.80. The van der Waals surface area contributed by atoms with Crippen molar-refractivity contribution in [2.24, 2.45) is 0 Å². The summed E-state index contributed by atoms with van der Waals surface area (Å²) < 4.78 is 7.34. The minimum Gasteiger partial charge on any atom is -0.496 e. The van der Waals surface area contributed by atoms with Crippen LogP contribution in [0.3, 0.4) is 0 Å². The van der Waals surface area contributed by atoms with Crippen molar-refractivity contribution in [3.05, 3.63) is 56.7 Å². The molecule has 0 unspecified atom stereocenters. The first-order valence-corrected chi connectivity index (χ1v) is 7.86. The number of nitrogens with one attached hydrogen (secondary N) is 1. The fourth-order valence-electron chi connectivity index (χ4n) is 1.96. The molecule has 20 heavy (non-hydrogen) atoms. The van der Waals surface area contributed by atoms with Crippen molar-refractivity contribution < 1.29 is 4.74 Å². The second kappa shape index (κ2) is 7.20. The summed E-state index contributed by atoms with van der Waals surface area (Å²) in [6.07, 6.45) is 1.80. The van der Waals surface area contributed by atoms with Crippen LogP contribution in [-0.4, -0.2) is 12.1 Å². The molecule has 2 rings (SSSR count). The van der Waals surface area contributed by atoms with Gasteiger partial charge in [-0.1, -0.05) is 18.2 Å². The Kier molecular flexibility index (Phi) is 5.57. The Morgan fingerprint density at radius 2 is 2.05 bits per heavy atom. The molecule has 0 aliphatic heterocycles. The van der Waals surface area contributed by atoms with Gasteiger partial charge in [0.05, 0.1) is 12.8 Å². The molecule has 0 aliphatic rings. The third-order valence-corrected chi connectivity index (χ3v) is 4.19. The maximum atomic E-state index is 5.39. The second-order valence-electron chi connectivity index (χ2n) is 4.43. The molecular weight excluding hydrogens is 384 g/mol. The first-order chi connectivity index (χ1) is 9.61. The zero-order valence-electron chi connectivity index (χ0n) is 11.4. The number of hydrogen-bond donors (Lipinski definition) is 1. The van der Waals surface area contributed by atoms with Crippen molar-refractivity contribution >= 4 is 31.9 Å². The van der Waals surface area contributed by atoms with Gasteiger partial charge in [0.2, 0.25) is 0 Å². The second-order valence-corrected chi connectivity index (χ2v) is 6.20. The van der Waals surface area contributed by atoms with Gasteiger partial charge in [0, 0.05) is 33.3 Å². The Labute approximate surface area is 136 Å². The van der Waals surface area contributed by atoms with Gasteiger partial charge in [0.1, 0.15) is 5.75 Å². The number of ether oxygens (including phenoxy) is 1. The molecule has 1 aromatic carbocycles. The Balaban J connectivity index is 2.06. The molecule has 1 heterocycles. The lowest BCUT2D eigenvalue weighted by Gasteiger charge is -2.17. The lowest BCUT2D eigenvalue weighted by atomic mass is 10.1. The summed E-state index contributed by atoms with van der Waals surface area (Å²) in [5.74, 6) is 0.898. The molecule has 1 N–H and O–H groups in total. The number of para-hydroxylation sites is 1. The van der Waals surface area contributed by atoms with E-state index in [1.807, 2.05) is 24.3 Å². The van der Waals surface area contributed by atoms with Crippen LogP contribution < -0.4 is 10.1 Å². The van der Waals surface area contributed by atoms with E-state index in [4.69, 9.17) is 4.74 Å². The predicted octanol–water partition coefficient (Wildman–Crippen LogP) is 4.47. The third-order valence-electron chi connectivity index (χ3n) is 3.07. The topological polar surface area (TPSA) is 34.1 Å². The average molecular weight is 400 g/mol. The smallest absolute Gasteiger partial charge is 0.123 e. The number of rotatable bonds is 5. The summed E-state index contributed by atoms with van der Waals surface area (Å²) in [5, 5.41) is 3.46. The van der Waals surface area contributed by atoms with Crippen LogP contribution in [0.25, 0.3) is 0 Å². The molecular formula is C15H16Br2N2O. The van der Waals surface area contributed by atoms with Crippen molar-refractivity contribution in [1.29, 1.82) is 0 Å². The van der Waals surface area contributed by atoms with Gasteiger partial charge < -0.3 is 10.1 Å². The Hall–Kier alpha value is -0.910. The van der Waals surface area contributed by atoms with E-state index in [9.17, 15) is 0 Å². The van der Waals surface area contributed by atoms with Gasteiger partial charge in [-0.2, -0.15) is 0 Å². The lowest BCUT2D eigenvalue weighted by Crippen LogP contribution is -2.19. The zero-order chi connectivity index (χ0) is 14.5. The Bertz CT molecular complexity index is 590. The van der Waals surface area contributed by atoms with E-state index in [-0.39, 0.29) is 6.04 Å². The number of hydrogen-bond acceptors (Lipinski definition) is 3. The van der Waals surface area contributed by atoms with E-state index in [1.54, 1.807) is 13.3 Å². The maximum Gasteiger partial charge on any atom is 0.123 e. The van der Waals surface area contributed by atoms with Gasteiger partial charge >= 0.3 is 0 Å². The van der Waals surface area contributed by atoms with E-state index in [0.29, 0.717) is 6.54 Å². The molecule has 0 bridgehead atoms. The molecule has 0 amide bonds. The minimum absolute atomic E-state index is 0.184. The number of pyridine rings is 1. The summed E-state index contributed by atoms with van der Waals surface area (Å²) in [4.78, 5) is 4.40. The molecule has 1 atom stereocenters. The number of benzene rings is 1. The first kappa shape index (κ1) is 15.5. The van der Waals surface area contributed by atoms with Gasteiger partial charge in [-0.15, -0.1) is 0 Å². The van der Waals surface area contributed by atoms with Crippen LogP contribution in [0.2, 0.25) is 0 Å². The van der Waals surface area contributed by atoms with E-state index in [0.717, 1.165) is 26.0 Å². The van der Waals surface area contributed by atoms with Gasteiger partial charge in [-0.3, -0.25) is 4.98 Å². The fourth-order valence-corrected chi connectivity index (χ4v) is 3.08. The highest BCUT2D eigenvalue weighted by molar-refractivity contribution is 9.11. The first-order valence-electron chi connectivity index (χ1n) is 6.28. The maximum absolute atomic E-state index is 5.39. The van der Waals surface area contributed by atoms with Crippen molar-refractivity contribution in [3.8, 4) is 5.75 Å². The summed E-state index contributed by atoms with van der Waals surface area (Å²) in [7, 11) is 1.69. The number of halogens is 2. The van der Waals surface area contributed by atoms with Gasteiger partial charge in [0.25, 0.3) is 0 Å². The highest BCUT2D eigenvalue weighted by atomic mass is 79.9. The molecule has 0 aliphatic carbocycles. The number of methoxy groups -OCH3 is 1. The van der Waals surface area contributed by atoms with Gasteiger partial charge in [-0.05, 0) is 50.9 Å². The highest BCUT2D eigenvalue weighted by Gasteiger charge is 2.11. The van der Waals surface area contributed by atoms with Crippen LogP contribution in [0.15, 0.2) is 45.5 Å². The predicted molar refractivity (Wildman–Crippen MR) is 87.9 cm³/mol. The third kappa shape index (κ3) is 3.81. The van der Waals surface area contributed by atoms with Crippen LogP contribution >= 0.6 is 31.9 Å². The highest BCUT2D eigenvalue weighted by Crippen LogP contribution is 2.25. The molecule has 2 aromatic rings. The Morgan fingerprint density at radius 1 is 1.30 bits per heavy atom. The molecule has 3 nitrogen and oxygen atoms in total. The molecule has 0 saturated heterocycles. The van der Waals surface area contributed by atoms with Crippen LogP contribution in [0.1, 0.15) is 24.2 Å². The summed E-state index contributed by atoms with van der Waals surface area (Å²) >= 11 is 6.93. The molecule has 5 heteroatoms. The quantitative estimate of drug-likeness (QED) is 0.805. The van der Waals surface area contributed by atoms with Gasteiger partial charge in [0.15, 0.2) is 0 Å². The number of aromatic nitrogens is 1. The van der Waals surface area contributed by atoms with Crippen molar-refractivity contribution in [1.82, 2.24) is 10.3 Å². The van der Waals surface area contributed by atoms with Crippen molar-refractivity contribution in [2.45, 2.75) is 19.5 Å². The number of nitrogens with zero attached hydrogens (tertiary/aromatic N) is 1. The minimum atomic E-state index is 0.184. The molecule has 0 fully saturated rings. The van der Waals surface area contributed by atoms with Crippen molar-refractivity contribution in [3.63, 3.8) is 0 Å². The van der Waals surface area contributed by atoms with Crippen LogP contribution in [-0.2, 0) is 6.54 Å². The molecule has 0 saturated carbocycles. The van der Waals surface area contributed by atoms with E-state index >= 15 is 0 Å². The molecule has 0 spiro atoms. The van der Waals surface area contributed by atoms with Crippen LogP contribution in [0.5, 0.6) is 5.75 Å². The monoisotopic (exact) mass is 398 g/mol. The lowest BCUT2D eigenvalue weighted by molar-refractivity contribution is 0.401. The van der Waals surface area contributed by atoms with E-state index in [2.05, 4.69) is 55.2 Å². The van der Waals surface area contributed by atoms with Crippen LogP contribution in [0.4, 0.5) is 0 Å². The molecule has 1 aromatic heterocycles. The Morgan fingerprint density at radius 3 is 2.75 bits per heavy atom. The normalized spacial score (nSPS) is 12.2. The van der Waals surface area contributed by atoms with Gasteiger partial charge in [-0.25, -0.2) is 0 Å². The standard InChI is InChI=1S/C15H16Br2N2O/c1-10(12-5-3-4-6-15(12)20-2)18-9-14-13(17)7-11(16)8-19-14/h3-8,10,18H,9H2,1-2H3/t10-/m1/s1. The SMILES string of the molecule is COc1ccccc1[C@@H](C)NCc1ncc(Br)cc1Br. The molecule has 0 radical (unpaired) electrons. The van der Waals surface area contributed by atoms with Crippen molar-refractivity contribution in [2.75, 3.05) is 7.11 Å². The van der Waals surface area contributed by atoms with E-state index in [1.165, 1.54) is 0 Å². The zero-order valence-corrected chi connectivity index (χ0v) is 14.5. The largest absolute Gasteiger partial charge is 0.496 e. The fraction of sp³-hybridized carbons (Fsp3) is 0.267.